The summed E-state index contributed by atoms with van der Waals surface area (Å²) < 4.78 is 0. The minimum Gasteiger partial charge on any atom is -0.314 e. The minimum atomic E-state index is 0.336. The Kier molecular flexibility index (Phi) is 4.45. The molecule has 2 rings (SSSR count). The van der Waals surface area contributed by atoms with E-state index in [-0.39, 0.29) is 0 Å². The van der Waals surface area contributed by atoms with Gasteiger partial charge in [-0.05, 0) is 45.7 Å². The highest BCUT2D eigenvalue weighted by Gasteiger charge is 2.30. The molecule has 2 aliphatic heterocycles. The molecule has 0 atom stereocenters. The molecule has 2 saturated heterocycles. The number of rotatable bonds is 3. The highest BCUT2D eigenvalue weighted by atomic mass is 15.3. The highest BCUT2D eigenvalue weighted by molar-refractivity contribution is 4.88. The fraction of sp³-hybridized carbons (Fsp3) is 1.00. The van der Waals surface area contributed by atoms with E-state index in [2.05, 4.69) is 35.9 Å². The van der Waals surface area contributed by atoms with E-state index in [4.69, 9.17) is 0 Å². The van der Waals surface area contributed by atoms with Gasteiger partial charge in [0.15, 0.2) is 0 Å². The van der Waals surface area contributed by atoms with E-state index in [0.29, 0.717) is 5.54 Å². The molecule has 1 N–H and O–H groups in total. The molecule has 0 radical (unpaired) electrons. The summed E-state index contributed by atoms with van der Waals surface area (Å²) in [5.41, 5.74) is 0.336. The van der Waals surface area contributed by atoms with Crippen molar-refractivity contribution in [2.45, 2.75) is 39.2 Å². The Morgan fingerprint density at radius 1 is 1.06 bits per heavy atom. The first-order valence-electron chi connectivity index (χ1n) is 7.26. The number of nitrogens with zero attached hydrogens (tertiary/aromatic N) is 2. The average Bonchev–Trinajstić information content (AvgIpc) is 2.33. The molecule has 0 unspecified atom stereocenters. The van der Waals surface area contributed by atoms with Crippen LogP contribution in [0.25, 0.3) is 0 Å². The smallest absolute Gasteiger partial charge is 0.0281 e. The maximum Gasteiger partial charge on any atom is 0.0281 e. The van der Waals surface area contributed by atoms with Crippen molar-refractivity contribution in [1.29, 1.82) is 0 Å². The maximum absolute atomic E-state index is 3.44. The summed E-state index contributed by atoms with van der Waals surface area (Å²) in [4.78, 5) is 5.32. The molecule has 2 aliphatic rings. The molecule has 3 nitrogen and oxygen atoms in total. The summed E-state index contributed by atoms with van der Waals surface area (Å²) in [5, 5.41) is 3.44. The average molecular weight is 239 g/mol. The Morgan fingerprint density at radius 2 is 1.65 bits per heavy atom. The fourth-order valence-corrected chi connectivity index (χ4v) is 3.14. The first kappa shape index (κ1) is 13.3. The normalized spacial score (nSPS) is 26.3. The van der Waals surface area contributed by atoms with Crippen LogP contribution in [0.15, 0.2) is 0 Å². The van der Waals surface area contributed by atoms with Crippen molar-refractivity contribution in [1.82, 2.24) is 15.1 Å². The van der Waals surface area contributed by atoms with E-state index in [1.54, 1.807) is 0 Å². The van der Waals surface area contributed by atoms with E-state index in [1.165, 1.54) is 45.6 Å². The van der Waals surface area contributed by atoms with Crippen LogP contribution in [0, 0.1) is 5.92 Å². The lowest BCUT2D eigenvalue weighted by atomic mass is 9.95. The minimum absolute atomic E-state index is 0.336. The SMILES string of the molecule is CC1CCN(CC(C)(C)N2CCNCC2)CC1. The van der Waals surface area contributed by atoms with Gasteiger partial charge in [0.2, 0.25) is 0 Å². The number of hydrogen-bond donors (Lipinski definition) is 1. The van der Waals surface area contributed by atoms with Crippen molar-refractivity contribution < 1.29 is 0 Å². The number of nitrogens with one attached hydrogen (secondary N) is 1. The zero-order valence-corrected chi connectivity index (χ0v) is 11.8. The topological polar surface area (TPSA) is 18.5 Å². The fourth-order valence-electron chi connectivity index (χ4n) is 3.14. The van der Waals surface area contributed by atoms with E-state index < -0.39 is 0 Å². The monoisotopic (exact) mass is 239 g/mol. The Bertz CT molecular complexity index is 226. The Labute approximate surface area is 107 Å². The predicted octanol–water partition coefficient (Wildman–Crippen LogP) is 1.40. The van der Waals surface area contributed by atoms with Crippen LogP contribution in [0.3, 0.4) is 0 Å². The lowest BCUT2D eigenvalue weighted by Gasteiger charge is -2.45. The van der Waals surface area contributed by atoms with Crippen LogP contribution in [0.1, 0.15) is 33.6 Å². The second-order valence-electron chi connectivity index (χ2n) is 6.51. The van der Waals surface area contributed by atoms with Gasteiger partial charge in [-0.15, -0.1) is 0 Å². The van der Waals surface area contributed by atoms with Crippen LogP contribution in [0.4, 0.5) is 0 Å². The van der Waals surface area contributed by atoms with Crippen molar-refractivity contribution in [3.63, 3.8) is 0 Å². The van der Waals surface area contributed by atoms with Crippen LogP contribution in [0.5, 0.6) is 0 Å². The predicted molar refractivity (Wildman–Crippen MR) is 73.4 cm³/mol. The van der Waals surface area contributed by atoms with Gasteiger partial charge < -0.3 is 10.2 Å². The second kappa shape index (κ2) is 5.68. The van der Waals surface area contributed by atoms with Gasteiger partial charge in [-0.25, -0.2) is 0 Å². The van der Waals surface area contributed by atoms with Crippen molar-refractivity contribution in [3.05, 3.63) is 0 Å². The molecule has 2 heterocycles. The van der Waals surface area contributed by atoms with Crippen LogP contribution < -0.4 is 5.32 Å². The molecule has 0 spiro atoms. The quantitative estimate of drug-likeness (QED) is 0.803. The first-order chi connectivity index (χ1) is 8.08. The largest absolute Gasteiger partial charge is 0.314 e. The molecule has 0 bridgehead atoms. The third-order valence-electron chi connectivity index (χ3n) is 4.46. The van der Waals surface area contributed by atoms with Gasteiger partial charge in [0.1, 0.15) is 0 Å². The van der Waals surface area contributed by atoms with E-state index in [1.807, 2.05) is 0 Å². The Hall–Kier alpha value is -0.120. The molecule has 0 aliphatic carbocycles. The second-order valence-corrected chi connectivity index (χ2v) is 6.51. The standard InChI is InChI=1S/C14H29N3/c1-13-4-8-16(9-5-13)12-14(2,3)17-10-6-15-7-11-17/h13,15H,4-12H2,1-3H3. The van der Waals surface area contributed by atoms with Crippen LogP contribution in [-0.2, 0) is 0 Å². The van der Waals surface area contributed by atoms with E-state index in [0.717, 1.165) is 19.0 Å². The lowest BCUT2D eigenvalue weighted by Crippen LogP contribution is -2.58. The molecular formula is C14H29N3. The number of likely N-dealkylation sites (tertiary alicyclic amines) is 1. The zero-order valence-electron chi connectivity index (χ0n) is 11.8. The van der Waals surface area contributed by atoms with Crippen molar-refractivity contribution in [3.8, 4) is 0 Å². The van der Waals surface area contributed by atoms with E-state index in [9.17, 15) is 0 Å². The Balaban J connectivity index is 1.83. The first-order valence-corrected chi connectivity index (χ1v) is 7.26. The van der Waals surface area contributed by atoms with Gasteiger partial charge in [0.05, 0.1) is 0 Å². The van der Waals surface area contributed by atoms with Gasteiger partial charge in [-0.1, -0.05) is 6.92 Å². The molecule has 3 heteroatoms. The van der Waals surface area contributed by atoms with Crippen molar-refractivity contribution in [2.24, 2.45) is 5.92 Å². The number of hydrogen-bond acceptors (Lipinski definition) is 3. The molecule has 2 fully saturated rings. The summed E-state index contributed by atoms with van der Waals surface area (Å²) in [5.74, 6) is 0.938. The number of piperazine rings is 1. The van der Waals surface area contributed by atoms with E-state index >= 15 is 0 Å². The molecule has 0 saturated carbocycles. The van der Waals surface area contributed by atoms with Crippen molar-refractivity contribution >= 4 is 0 Å². The summed E-state index contributed by atoms with van der Waals surface area (Å²) in [7, 11) is 0. The van der Waals surface area contributed by atoms with Gasteiger partial charge in [0.25, 0.3) is 0 Å². The Morgan fingerprint density at radius 3 is 2.24 bits per heavy atom. The van der Waals surface area contributed by atoms with Crippen LogP contribution in [-0.4, -0.2) is 61.2 Å². The van der Waals surface area contributed by atoms with Crippen LogP contribution in [0.2, 0.25) is 0 Å². The third-order valence-corrected chi connectivity index (χ3v) is 4.46. The third kappa shape index (κ3) is 3.67. The summed E-state index contributed by atoms with van der Waals surface area (Å²) in [6, 6.07) is 0. The van der Waals surface area contributed by atoms with Crippen molar-refractivity contribution in [2.75, 3.05) is 45.8 Å². The molecule has 0 aromatic carbocycles. The molecule has 17 heavy (non-hydrogen) atoms. The maximum atomic E-state index is 3.44. The summed E-state index contributed by atoms with van der Waals surface area (Å²) in [6.07, 6.45) is 2.77. The molecule has 0 aromatic rings. The highest BCUT2D eigenvalue weighted by Crippen LogP contribution is 2.21. The zero-order chi connectivity index (χ0) is 12.3. The molecule has 0 amide bonds. The lowest BCUT2D eigenvalue weighted by molar-refractivity contribution is 0.0512. The summed E-state index contributed by atoms with van der Waals surface area (Å²) >= 11 is 0. The van der Waals surface area contributed by atoms with Gasteiger partial charge in [-0.2, -0.15) is 0 Å². The molecular weight excluding hydrogens is 210 g/mol. The van der Waals surface area contributed by atoms with Crippen LogP contribution >= 0.6 is 0 Å². The molecule has 100 valence electrons. The number of piperidine rings is 1. The van der Waals surface area contributed by atoms with Gasteiger partial charge in [-0.3, -0.25) is 4.90 Å². The molecule has 0 aromatic heterocycles. The summed E-state index contributed by atoms with van der Waals surface area (Å²) in [6.45, 7) is 15.8. The van der Waals surface area contributed by atoms with Gasteiger partial charge >= 0.3 is 0 Å². The van der Waals surface area contributed by atoms with Gasteiger partial charge in [0, 0.05) is 38.3 Å².